The molecule has 0 saturated carbocycles. The van der Waals surface area contributed by atoms with E-state index in [2.05, 4.69) is 19.2 Å². The van der Waals surface area contributed by atoms with E-state index in [1.54, 1.807) is 0 Å². The van der Waals surface area contributed by atoms with Gasteiger partial charge in [-0.15, -0.1) is 0 Å². The Morgan fingerprint density at radius 2 is 1.89 bits per heavy atom. The number of nitrogens with two attached hydrogens (primary N) is 1. The fraction of sp³-hybridized carbons (Fsp3) is 0.857. The van der Waals surface area contributed by atoms with Gasteiger partial charge in [0.15, 0.2) is 5.78 Å². The maximum absolute atomic E-state index is 11.6. The molecule has 0 spiro atoms. The molecular weight excluding hydrogens is 228 g/mol. The first-order chi connectivity index (χ1) is 8.51. The van der Waals surface area contributed by atoms with Crippen molar-refractivity contribution in [3.63, 3.8) is 0 Å². The molecule has 0 rings (SSSR count). The molecule has 18 heavy (non-hydrogen) atoms. The highest BCUT2D eigenvalue weighted by atomic mass is 16.2. The molecule has 0 aliphatic heterocycles. The molecule has 0 radical (unpaired) electrons. The van der Waals surface area contributed by atoms with Crippen LogP contribution in [0.3, 0.4) is 0 Å². The van der Waals surface area contributed by atoms with E-state index in [-0.39, 0.29) is 11.7 Å². The van der Waals surface area contributed by atoms with E-state index < -0.39 is 6.04 Å². The number of hydrogen-bond acceptors (Lipinski definition) is 3. The van der Waals surface area contributed by atoms with E-state index in [1.807, 2.05) is 0 Å². The SMILES string of the molecule is CCC(C)CCCCC(=O)N[C@@H](CCN)C(C)=O. The summed E-state index contributed by atoms with van der Waals surface area (Å²) in [6, 6.07) is -0.405. The Bertz CT molecular complexity index is 254. The van der Waals surface area contributed by atoms with E-state index in [4.69, 9.17) is 5.73 Å². The van der Waals surface area contributed by atoms with Crippen molar-refractivity contribution in [1.82, 2.24) is 5.32 Å². The van der Waals surface area contributed by atoms with E-state index in [0.717, 1.165) is 18.8 Å². The van der Waals surface area contributed by atoms with Crippen molar-refractivity contribution in [2.24, 2.45) is 11.7 Å². The van der Waals surface area contributed by atoms with Crippen molar-refractivity contribution in [1.29, 1.82) is 0 Å². The Kier molecular flexibility index (Phi) is 9.56. The Morgan fingerprint density at radius 1 is 1.22 bits per heavy atom. The lowest BCUT2D eigenvalue weighted by Crippen LogP contribution is -2.40. The van der Waals surface area contributed by atoms with Gasteiger partial charge < -0.3 is 11.1 Å². The summed E-state index contributed by atoms with van der Waals surface area (Å²) in [4.78, 5) is 22.9. The molecule has 3 N–H and O–H groups in total. The Balaban J connectivity index is 3.78. The van der Waals surface area contributed by atoms with Crippen LogP contribution in [0.2, 0.25) is 0 Å². The Morgan fingerprint density at radius 3 is 2.39 bits per heavy atom. The summed E-state index contributed by atoms with van der Waals surface area (Å²) in [5.41, 5.74) is 5.41. The van der Waals surface area contributed by atoms with E-state index in [1.165, 1.54) is 19.8 Å². The molecule has 1 amide bonds. The number of ketones is 1. The Labute approximate surface area is 111 Å². The third kappa shape index (κ3) is 8.23. The summed E-state index contributed by atoms with van der Waals surface area (Å²) in [6.45, 7) is 6.32. The number of hydrogen-bond donors (Lipinski definition) is 2. The lowest BCUT2D eigenvalue weighted by Gasteiger charge is -2.15. The van der Waals surface area contributed by atoms with Crippen LogP contribution in [0.5, 0.6) is 0 Å². The lowest BCUT2D eigenvalue weighted by atomic mass is 10.0. The van der Waals surface area contributed by atoms with Crippen molar-refractivity contribution in [2.75, 3.05) is 6.54 Å². The van der Waals surface area contributed by atoms with Gasteiger partial charge in [0.05, 0.1) is 6.04 Å². The van der Waals surface area contributed by atoms with E-state index in [9.17, 15) is 9.59 Å². The first-order valence-corrected chi connectivity index (χ1v) is 7.01. The van der Waals surface area contributed by atoms with Gasteiger partial charge in [-0.05, 0) is 32.2 Å². The average molecular weight is 256 g/mol. The third-order valence-corrected chi connectivity index (χ3v) is 3.33. The van der Waals surface area contributed by atoms with Crippen LogP contribution in [-0.2, 0) is 9.59 Å². The van der Waals surface area contributed by atoms with Gasteiger partial charge in [0, 0.05) is 6.42 Å². The smallest absolute Gasteiger partial charge is 0.220 e. The average Bonchev–Trinajstić information content (AvgIpc) is 2.33. The summed E-state index contributed by atoms with van der Waals surface area (Å²) in [5.74, 6) is 0.677. The van der Waals surface area contributed by atoms with Gasteiger partial charge in [-0.2, -0.15) is 0 Å². The molecule has 106 valence electrons. The first kappa shape index (κ1) is 17.1. The summed E-state index contributed by atoms with van der Waals surface area (Å²) in [7, 11) is 0. The number of Topliss-reactive ketones (excluding diaryl/α,β-unsaturated/α-hetero) is 1. The van der Waals surface area contributed by atoms with Gasteiger partial charge >= 0.3 is 0 Å². The molecule has 0 bridgehead atoms. The molecule has 4 nitrogen and oxygen atoms in total. The molecule has 2 atom stereocenters. The molecule has 0 aromatic rings. The second kappa shape index (κ2) is 10.1. The van der Waals surface area contributed by atoms with Crippen LogP contribution in [0.1, 0.15) is 59.3 Å². The number of carbonyl (C=O) groups excluding carboxylic acids is 2. The van der Waals surface area contributed by atoms with Crippen molar-refractivity contribution in [3.8, 4) is 0 Å². The highest BCUT2D eigenvalue weighted by Crippen LogP contribution is 2.12. The molecule has 0 saturated heterocycles. The van der Waals surface area contributed by atoms with Crippen molar-refractivity contribution >= 4 is 11.7 Å². The lowest BCUT2D eigenvalue weighted by molar-refractivity contribution is -0.127. The summed E-state index contributed by atoms with van der Waals surface area (Å²) in [5, 5.41) is 2.75. The van der Waals surface area contributed by atoms with Crippen LogP contribution in [-0.4, -0.2) is 24.3 Å². The van der Waals surface area contributed by atoms with Crippen LogP contribution in [0.4, 0.5) is 0 Å². The summed E-state index contributed by atoms with van der Waals surface area (Å²) < 4.78 is 0. The van der Waals surface area contributed by atoms with Gasteiger partial charge in [-0.1, -0.05) is 33.1 Å². The molecule has 0 aliphatic carbocycles. The first-order valence-electron chi connectivity index (χ1n) is 7.01. The van der Waals surface area contributed by atoms with Crippen LogP contribution in [0.25, 0.3) is 0 Å². The number of unbranched alkanes of at least 4 members (excludes halogenated alkanes) is 1. The Hall–Kier alpha value is -0.900. The maximum atomic E-state index is 11.6. The van der Waals surface area contributed by atoms with Crippen molar-refractivity contribution < 1.29 is 9.59 Å². The molecule has 0 fully saturated rings. The molecule has 0 aliphatic rings. The molecule has 4 heteroatoms. The number of amides is 1. The second-order valence-corrected chi connectivity index (χ2v) is 5.07. The zero-order valence-corrected chi connectivity index (χ0v) is 12.0. The predicted octanol–water partition coefficient (Wildman–Crippen LogP) is 2.02. The zero-order chi connectivity index (χ0) is 14.0. The molecule has 1 unspecified atom stereocenters. The largest absolute Gasteiger partial charge is 0.346 e. The topological polar surface area (TPSA) is 72.2 Å². The summed E-state index contributed by atoms with van der Waals surface area (Å²) >= 11 is 0. The highest BCUT2D eigenvalue weighted by Gasteiger charge is 2.15. The standard InChI is InChI=1S/C14H28N2O2/c1-4-11(2)7-5-6-8-14(18)16-13(9-10-15)12(3)17/h11,13H,4-10,15H2,1-3H3,(H,16,18)/t11?,13-/m0/s1. The van der Waals surface area contributed by atoms with Gasteiger partial charge in [-0.3, -0.25) is 9.59 Å². The molecule has 0 heterocycles. The zero-order valence-electron chi connectivity index (χ0n) is 12.0. The third-order valence-electron chi connectivity index (χ3n) is 3.33. The minimum atomic E-state index is -0.405. The molecular formula is C14H28N2O2. The highest BCUT2D eigenvalue weighted by molar-refractivity contribution is 5.87. The fourth-order valence-electron chi connectivity index (χ4n) is 1.79. The van der Waals surface area contributed by atoms with Crippen LogP contribution < -0.4 is 11.1 Å². The minimum absolute atomic E-state index is 0.0200. The predicted molar refractivity (Wildman–Crippen MR) is 74.2 cm³/mol. The number of rotatable bonds is 10. The van der Waals surface area contributed by atoms with Crippen LogP contribution in [0, 0.1) is 5.92 Å². The van der Waals surface area contributed by atoms with Crippen molar-refractivity contribution in [2.45, 2.75) is 65.3 Å². The molecule has 0 aromatic heterocycles. The molecule has 0 aromatic carbocycles. The number of carbonyl (C=O) groups is 2. The minimum Gasteiger partial charge on any atom is -0.346 e. The van der Waals surface area contributed by atoms with Crippen molar-refractivity contribution in [3.05, 3.63) is 0 Å². The number of nitrogens with one attached hydrogen (secondary N) is 1. The van der Waals surface area contributed by atoms with Gasteiger partial charge in [0.1, 0.15) is 0 Å². The monoisotopic (exact) mass is 256 g/mol. The van der Waals surface area contributed by atoms with Crippen LogP contribution >= 0.6 is 0 Å². The quantitative estimate of drug-likeness (QED) is 0.587. The van der Waals surface area contributed by atoms with Gasteiger partial charge in [-0.25, -0.2) is 0 Å². The second-order valence-electron chi connectivity index (χ2n) is 5.07. The maximum Gasteiger partial charge on any atom is 0.220 e. The van der Waals surface area contributed by atoms with Crippen LogP contribution in [0.15, 0.2) is 0 Å². The van der Waals surface area contributed by atoms with E-state index in [0.29, 0.717) is 19.4 Å². The fourth-order valence-corrected chi connectivity index (χ4v) is 1.79. The van der Waals surface area contributed by atoms with Gasteiger partial charge in [0.2, 0.25) is 5.91 Å². The van der Waals surface area contributed by atoms with Gasteiger partial charge in [0.25, 0.3) is 0 Å². The van der Waals surface area contributed by atoms with E-state index >= 15 is 0 Å². The normalized spacial score (nSPS) is 14.0. The summed E-state index contributed by atoms with van der Waals surface area (Å²) in [6.07, 6.45) is 5.35.